The van der Waals surface area contributed by atoms with Crippen LogP contribution in [-0.2, 0) is 12.1 Å². The van der Waals surface area contributed by atoms with Crippen LogP contribution in [-0.4, -0.2) is 58.7 Å². The lowest BCUT2D eigenvalue weighted by atomic mass is 9.68. The van der Waals surface area contributed by atoms with Gasteiger partial charge in [-0.05, 0) is 35.4 Å². The number of carbonyl (C=O) groups excluding carboxylic acids is 1. The number of amidine groups is 1. The van der Waals surface area contributed by atoms with Gasteiger partial charge in [-0.2, -0.15) is 0 Å². The fourth-order valence-electron chi connectivity index (χ4n) is 5.11. The van der Waals surface area contributed by atoms with Gasteiger partial charge in [0.15, 0.2) is 11.4 Å². The van der Waals surface area contributed by atoms with Crippen molar-refractivity contribution in [2.24, 2.45) is 9.98 Å². The number of aliphatic imine (C=N–C) groups is 2. The molecule has 0 bridgehead atoms. The molecule has 2 aromatic carbocycles. The lowest BCUT2D eigenvalue weighted by Gasteiger charge is -2.52. The number of imidazole rings is 1. The Hall–Kier alpha value is -4.14. The third kappa shape index (κ3) is 2.65. The molecule has 33 heavy (non-hydrogen) atoms. The van der Waals surface area contributed by atoms with Gasteiger partial charge in [-0.3, -0.25) is 4.90 Å². The number of hydrogen-bond donors (Lipinski definition) is 1. The van der Waals surface area contributed by atoms with Crippen molar-refractivity contribution < 1.29 is 14.3 Å². The molecule has 3 aromatic rings. The zero-order valence-electron chi connectivity index (χ0n) is 18.2. The summed E-state index contributed by atoms with van der Waals surface area (Å²) in [5.41, 5.74) is 2.07. The number of benzene rings is 2. The lowest BCUT2D eigenvalue weighted by molar-refractivity contribution is 0.0603. The molecule has 6 rings (SSSR count). The van der Waals surface area contributed by atoms with Gasteiger partial charge in [0, 0.05) is 12.5 Å². The molecule has 0 aliphatic carbocycles. The van der Waals surface area contributed by atoms with Gasteiger partial charge in [0.2, 0.25) is 0 Å². The largest absolute Gasteiger partial charge is 0.497 e. The number of rotatable bonds is 5. The summed E-state index contributed by atoms with van der Waals surface area (Å²) in [4.78, 5) is 34.0. The van der Waals surface area contributed by atoms with Crippen LogP contribution in [0.1, 0.15) is 22.7 Å². The molecule has 0 saturated carbocycles. The number of methoxy groups -OCH3 is 2. The van der Waals surface area contributed by atoms with Crippen LogP contribution in [0, 0.1) is 0 Å². The zero-order chi connectivity index (χ0) is 22.6. The summed E-state index contributed by atoms with van der Waals surface area (Å²) >= 11 is 0. The van der Waals surface area contributed by atoms with Crippen LogP contribution in [0.15, 0.2) is 64.8 Å². The predicted octanol–water partition coefficient (Wildman–Crippen LogP) is 3.43. The number of nitrogens with zero attached hydrogens (tertiary/aromatic N) is 5. The van der Waals surface area contributed by atoms with Gasteiger partial charge < -0.3 is 19.4 Å². The molecular formula is C24H22N6O3. The molecule has 3 aliphatic rings. The number of ether oxygens (including phenoxy) is 2. The van der Waals surface area contributed by atoms with E-state index in [1.807, 2.05) is 53.4 Å². The van der Waals surface area contributed by atoms with Crippen LogP contribution in [0.2, 0.25) is 0 Å². The van der Waals surface area contributed by atoms with Crippen molar-refractivity contribution in [2.45, 2.75) is 18.0 Å². The van der Waals surface area contributed by atoms with E-state index in [0.717, 1.165) is 28.3 Å². The molecule has 9 heteroatoms. The molecule has 166 valence electrons. The summed E-state index contributed by atoms with van der Waals surface area (Å²) in [6.07, 6.45) is 3.11. The maximum Gasteiger partial charge on any atom is 0.327 e. The smallest absolute Gasteiger partial charge is 0.327 e. The summed E-state index contributed by atoms with van der Waals surface area (Å²) in [5, 5.41) is 0. The van der Waals surface area contributed by atoms with Gasteiger partial charge in [0.1, 0.15) is 23.7 Å². The highest BCUT2D eigenvalue weighted by Gasteiger charge is 2.69. The van der Waals surface area contributed by atoms with Crippen molar-refractivity contribution in [2.75, 3.05) is 20.8 Å². The van der Waals surface area contributed by atoms with Crippen molar-refractivity contribution in [3.8, 4) is 11.5 Å². The minimum Gasteiger partial charge on any atom is -0.497 e. The normalized spacial score (nSPS) is 22.7. The second-order valence-electron chi connectivity index (χ2n) is 8.22. The van der Waals surface area contributed by atoms with Gasteiger partial charge in [-0.15, -0.1) is 0 Å². The van der Waals surface area contributed by atoms with Crippen LogP contribution < -0.4 is 9.47 Å². The summed E-state index contributed by atoms with van der Waals surface area (Å²) in [6, 6.07) is 15.6. The van der Waals surface area contributed by atoms with E-state index in [1.165, 1.54) is 6.34 Å². The first-order valence-electron chi connectivity index (χ1n) is 10.7. The van der Waals surface area contributed by atoms with E-state index in [-0.39, 0.29) is 11.9 Å². The first-order valence-corrected chi connectivity index (χ1v) is 10.7. The molecule has 9 nitrogen and oxygen atoms in total. The minimum atomic E-state index is -0.791. The predicted molar refractivity (Wildman–Crippen MR) is 122 cm³/mol. The highest BCUT2D eigenvalue weighted by Crippen LogP contribution is 2.58. The standard InChI is InChI=1S/C24H22N6O3/c1-32-17-7-3-15(4-8-17)11-29-22-24(20-21(26-13-25-20)27-14-28-22)19(12-30(24)23(29)31)16-5-9-18(33-2)10-6-16/h3-10,13-14,19H,11-12H2,1-2H3,(H,25,26). The van der Waals surface area contributed by atoms with E-state index >= 15 is 0 Å². The van der Waals surface area contributed by atoms with Crippen molar-refractivity contribution in [3.63, 3.8) is 0 Å². The van der Waals surface area contributed by atoms with Gasteiger partial charge >= 0.3 is 6.03 Å². The van der Waals surface area contributed by atoms with Crippen LogP contribution in [0.4, 0.5) is 10.6 Å². The van der Waals surface area contributed by atoms with E-state index in [1.54, 1.807) is 25.4 Å². The Labute approximate surface area is 190 Å². The highest BCUT2D eigenvalue weighted by atomic mass is 16.5. The molecule has 4 heterocycles. The molecule has 1 spiro atoms. The third-order valence-corrected chi connectivity index (χ3v) is 6.73. The topological polar surface area (TPSA) is 95.4 Å². The maximum atomic E-state index is 13.6. The Morgan fingerprint density at radius 1 is 1.06 bits per heavy atom. The summed E-state index contributed by atoms with van der Waals surface area (Å²) < 4.78 is 10.6. The fraction of sp³-hybridized carbons (Fsp3) is 0.250. The number of fused-ring (bicyclic) bond motifs is 1. The summed E-state index contributed by atoms with van der Waals surface area (Å²) in [5.74, 6) is 2.76. The Kier molecular flexibility index (Phi) is 4.26. The second-order valence-corrected chi connectivity index (χ2v) is 8.22. The number of amides is 2. The zero-order valence-corrected chi connectivity index (χ0v) is 18.2. The van der Waals surface area contributed by atoms with Crippen LogP contribution in [0.5, 0.6) is 11.5 Å². The Bertz CT molecular complexity index is 1280. The van der Waals surface area contributed by atoms with Crippen LogP contribution in [0.3, 0.4) is 0 Å². The van der Waals surface area contributed by atoms with E-state index < -0.39 is 5.54 Å². The molecule has 2 fully saturated rings. The molecule has 2 atom stereocenters. The van der Waals surface area contributed by atoms with Crippen molar-refractivity contribution >= 4 is 24.0 Å². The van der Waals surface area contributed by atoms with Crippen molar-refractivity contribution in [3.05, 3.63) is 71.7 Å². The van der Waals surface area contributed by atoms with Crippen LogP contribution in [0.25, 0.3) is 0 Å². The summed E-state index contributed by atoms with van der Waals surface area (Å²) in [7, 11) is 3.28. The number of nitrogens with one attached hydrogen (secondary N) is 1. The van der Waals surface area contributed by atoms with Crippen molar-refractivity contribution in [1.82, 2.24) is 19.8 Å². The molecule has 1 aromatic heterocycles. The van der Waals surface area contributed by atoms with Gasteiger partial charge in [-0.25, -0.2) is 19.8 Å². The van der Waals surface area contributed by atoms with Gasteiger partial charge in [-0.1, -0.05) is 24.3 Å². The Balaban J connectivity index is 1.45. The number of carbonyl (C=O) groups is 1. The first-order chi connectivity index (χ1) is 16.2. The molecule has 1 N–H and O–H groups in total. The number of aromatic nitrogens is 2. The number of hydrogen-bond acceptors (Lipinski definition) is 6. The van der Waals surface area contributed by atoms with E-state index in [9.17, 15) is 4.79 Å². The van der Waals surface area contributed by atoms with E-state index in [4.69, 9.17) is 14.5 Å². The number of aromatic amines is 1. The monoisotopic (exact) mass is 442 g/mol. The highest BCUT2D eigenvalue weighted by molar-refractivity contribution is 6.15. The number of H-pyrrole nitrogens is 1. The summed E-state index contributed by atoms with van der Waals surface area (Å²) in [6.45, 7) is 0.967. The fourth-order valence-corrected chi connectivity index (χ4v) is 5.11. The molecule has 2 unspecified atom stereocenters. The quantitative estimate of drug-likeness (QED) is 0.655. The van der Waals surface area contributed by atoms with E-state index in [2.05, 4.69) is 15.0 Å². The SMILES string of the molecule is COc1ccc(CN2C(=O)N3CC(c4ccc(OC)cc4)C34C2=NC=Nc2nc[nH]c24)cc1. The Morgan fingerprint density at radius 2 is 1.76 bits per heavy atom. The average molecular weight is 442 g/mol. The third-order valence-electron chi connectivity index (χ3n) is 6.73. The number of urea groups is 1. The van der Waals surface area contributed by atoms with E-state index in [0.29, 0.717) is 24.7 Å². The average Bonchev–Trinajstić information content (AvgIpc) is 3.30. The first kappa shape index (κ1) is 19.5. The lowest BCUT2D eigenvalue weighted by Crippen LogP contribution is -2.63. The molecule has 2 saturated heterocycles. The molecular weight excluding hydrogens is 420 g/mol. The molecule has 2 amide bonds. The van der Waals surface area contributed by atoms with Gasteiger partial charge in [0.25, 0.3) is 0 Å². The minimum absolute atomic E-state index is 0.00660. The second kappa shape index (κ2) is 7.19. The van der Waals surface area contributed by atoms with Gasteiger partial charge in [0.05, 0.1) is 32.8 Å². The van der Waals surface area contributed by atoms with Crippen molar-refractivity contribution in [1.29, 1.82) is 0 Å². The van der Waals surface area contributed by atoms with Crippen LogP contribution >= 0.6 is 0 Å². The Morgan fingerprint density at radius 3 is 2.45 bits per heavy atom. The maximum absolute atomic E-state index is 13.6. The molecule has 0 radical (unpaired) electrons. The molecule has 3 aliphatic heterocycles.